The van der Waals surface area contributed by atoms with Gasteiger partial charge < -0.3 is 14.4 Å². The van der Waals surface area contributed by atoms with Gasteiger partial charge in [0.25, 0.3) is 5.91 Å². The van der Waals surface area contributed by atoms with Gasteiger partial charge in [0.15, 0.2) is 6.10 Å². The van der Waals surface area contributed by atoms with Crippen molar-refractivity contribution in [3.05, 3.63) is 48.9 Å². The molecule has 1 saturated heterocycles. The van der Waals surface area contributed by atoms with Crippen molar-refractivity contribution < 1.29 is 14.3 Å². The highest BCUT2D eigenvalue weighted by molar-refractivity contribution is 5.81. The Balaban J connectivity index is 1.48. The van der Waals surface area contributed by atoms with Crippen molar-refractivity contribution in [2.45, 2.75) is 32.0 Å². The first-order valence-electron chi connectivity index (χ1n) is 8.15. The molecule has 0 bridgehead atoms. The molecule has 1 amide bonds. The topological polar surface area (TPSA) is 64.5 Å². The summed E-state index contributed by atoms with van der Waals surface area (Å²) in [4.78, 5) is 22.4. The van der Waals surface area contributed by atoms with E-state index in [1.807, 2.05) is 35.2 Å². The lowest BCUT2D eigenvalue weighted by atomic mass is 10.1. The van der Waals surface area contributed by atoms with Gasteiger partial charge in [-0.3, -0.25) is 9.78 Å². The minimum Gasteiger partial charge on any atom is -0.481 e. The van der Waals surface area contributed by atoms with E-state index < -0.39 is 6.10 Å². The summed E-state index contributed by atoms with van der Waals surface area (Å²) in [5, 5.41) is 0. The maximum absolute atomic E-state index is 12.5. The molecule has 3 rings (SSSR count). The summed E-state index contributed by atoms with van der Waals surface area (Å²) in [6.45, 7) is 3.11. The minimum atomic E-state index is -0.496. The number of amides is 1. The van der Waals surface area contributed by atoms with Crippen LogP contribution in [0.1, 0.15) is 19.8 Å². The summed E-state index contributed by atoms with van der Waals surface area (Å²) < 4.78 is 11.5. The zero-order valence-electron chi connectivity index (χ0n) is 13.7. The van der Waals surface area contributed by atoms with Crippen molar-refractivity contribution in [3.63, 3.8) is 0 Å². The smallest absolute Gasteiger partial charge is 0.263 e. The highest BCUT2D eigenvalue weighted by atomic mass is 16.5. The molecule has 0 saturated carbocycles. The first-order valence-corrected chi connectivity index (χ1v) is 8.15. The van der Waals surface area contributed by atoms with Crippen LogP contribution in [0.3, 0.4) is 0 Å². The lowest BCUT2D eigenvalue weighted by Gasteiger charge is -2.33. The van der Waals surface area contributed by atoms with Crippen LogP contribution in [-0.2, 0) is 4.79 Å². The number of aromatic nitrogens is 2. The fraction of sp³-hybridized carbons (Fsp3) is 0.389. The van der Waals surface area contributed by atoms with Gasteiger partial charge in [-0.1, -0.05) is 18.2 Å². The minimum absolute atomic E-state index is 0.0109. The Morgan fingerprint density at radius 3 is 2.62 bits per heavy atom. The summed E-state index contributed by atoms with van der Waals surface area (Å²) in [6.07, 6.45) is 5.95. The predicted octanol–water partition coefficient (Wildman–Crippen LogP) is 2.31. The lowest BCUT2D eigenvalue weighted by molar-refractivity contribution is -0.139. The SMILES string of the molecule is C[C@@H](Oc1ccccc1)C(=O)N1CCC(Oc2cnccn2)CC1. The molecular weight excluding hydrogens is 306 g/mol. The summed E-state index contributed by atoms with van der Waals surface area (Å²) in [5.74, 6) is 1.25. The maximum Gasteiger partial charge on any atom is 0.263 e. The second kappa shape index (κ2) is 7.77. The van der Waals surface area contributed by atoms with Crippen LogP contribution >= 0.6 is 0 Å². The van der Waals surface area contributed by atoms with E-state index in [1.54, 1.807) is 25.5 Å². The molecule has 0 spiro atoms. The predicted molar refractivity (Wildman–Crippen MR) is 88.8 cm³/mol. The largest absolute Gasteiger partial charge is 0.481 e. The van der Waals surface area contributed by atoms with Gasteiger partial charge in [0, 0.05) is 38.3 Å². The third kappa shape index (κ3) is 4.22. The molecule has 6 heteroatoms. The molecule has 1 atom stereocenters. The number of piperidine rings is 1. The molecule has 1 aliphatic rings. The van der Waals surface area contributed by atoms with E-state index in [-0.39, 0.29) is 12.0 Å². The van der Waals surface area contributed by atoms with E-state index in [0.717, 1.165) is 12.8 Å². The first kappa shape index (κ1) is 16.2. The number of rotatable bonds is 5. The van der Waals surface area contributed by atoms with E-state index in [9.17, 15) is 4.79 Å². The molecule has 1 fully saturated rings. The highest BCUT2D eigenvalue weighted by Gasteiger charge is 2.28. The number of nitrogens with zero attached hydrogens (tertiary/aromatic N) is 3. The van der Waals surface area contributed by atoms with E-state index in [4.69, 9.17) is 9.47 Å². The zero-order chi connectivity index (χ0) is 16.8. The van der Waals surface area contributed by atoms with Crippen LogP contribution in [-0.4, -0.2) is 46.1 Å². The molecule has 0 radical (unpaired) electrons. The molecule has 2 aromatic rings. The van der Waals surface area contributed by atoms with Gasteiger partial charge in [-0.25, -0.2) is 4.98 Å². The maximum atomic E-state index is 12.5. The Labute approximate surface area is 141 Å². The van der Waals surface area contributed by atoms with Gasteiger partial charge in [0.05, 0.1) is 6.20 Å². The van der Waals surface area contributed by atoms with Gasteiger partial charge in [0.1, 0.15) is 11.9 Å². The number of hydrogen-bond donors (Lipinski definition) is 0. The molecule has 1 aromatic heterocycles. The lowest BCUT2D eigenvalue weighted by Crippen LogP contribution is -2.46. The number of ether oxygens (including phenoxy) is 2. The highest BCUT2D eigenvalue weighted by Crippen LogP contribution is 2.18. The van der Waals surface area contributed by atoms with Crippen molar-refractivity contribution in [3.8, 4) is 11.6 Å². The van der Waals surface area contributed by atoms with Gasteiger partial charge in [0.2, 0.25) is 5.88 Å². The monoisotopic (exact) mass is 327 g/mol. The molecular formula is C18H21N3O3. The Bertz CT molecular complexity index is 643. The number of carbonyl (C=O) groups excluding carboxylic acids is 1. The van der Waals surface area contributed by atoms with Crippen LogP contribution in [0.5, 0.6) is 11.6 Å². The standard InChI is InChI=1S/C18H21N3O3/c1-14(23-15-5-3-2-4-6-15)18(22)21-11-7-16(8-12-21)24-17-13-19-9-10-20-17/h2-6,9-10,13-14,16H,7-8,11-12H2,1H3/t14-/m1/s1. The van der Waals surface area contributed by atoms with Gasteiger partial charge >= 0.3 is 0 Å². The van der Waals surface area contributed by atoms with Crippen LogP contribution in [0.4, 0.5) is 0 Å². The van der Waals surface area contributed by atoms with E-state index >= 15 is 0 Å². The molecule has 1 aromatic carbocycles. The molecule has 126 valence electrons. The normalized spacial score (nSPS) is 16.5. The van der Waals surface area contributed by atoms with Crippen LogP contribution in [0.25, 0.3) is 0 Å². The number of para-hydroxylation sites is 1. The van der Waals surface area contributed by atoms with Crippen molar-refractivity contribution >= 4 is 5.91 Å². The number of likely N-dealkylation sites (tertiary alicyclic amines) is 1. The number of hydrogen-bond acceptors (Lipinski definition) is 5. The fourth-order valence-corrected chi connectivity index (χ4v) is 2.72. The quantitative estimate of drug-likeness (QED) is 0.843. The van der Waals surface area contributed by atoms with Crippen molar-refractivity contribution in [2.24, 2.45) is 0 Å². The van der Waals surface area contributed by atoms with E-state index in [1.165, 1.54) is 0 Å². The second-order valence-corrected chi connectivity index (χ2v) is 5.76. The van der Waals surface area contributed by atoms with Gasteiger partial charge in [-0.2, -0.15) is 0 Å². The summed E-state index contributed by atoms with van der Waals surface area (Å²) in [7, 11) is 0. The van der Waals surface area contributed by atoms with Crippen molar-refractivity contribution in [1.82, 2.24) is 14.9 Å². The number of carbonyl (C=O) groups is 1. The average Bonchev–Trinajstić information content (AvgIpc) is 2.63. The third-order valence-corrected chi connectivity index (χ3v) is 3.98. The Morgan fingerprint density at radius 2 is 1.96 bits per heavy atom. The molecule has 0 N–H and O–H groups in total. The average molecular weight is 327 g/mol. The first-order chi connectivity index (χ1) is 11.7. The summed E-state index contributed by atoms with van der Waals surface area (Å²) in [6, 6.07) is 9.40. The molecule has 0 unspecified atom stereocenters. The molecule has 6 nitrogen and oxygen atoms in total. The van der Waals surface area contributed by atoms with E-state index in [0.29, 0.717) is 24.7 Å². The van der Waals surface area contributed by atoms with Gasteiger partial charge in [-0.15, -0.1) is 0 Å². The Hall–Kier alpha value is -2.63. The molecule has 2 heterocycles. The fourth-order valence-electron chi connectivity index (χ4n) is 2.72. The molecule has 24 heavy (non-hydrogen) atoms. The van der Waals surface area contributed by atoms with Gasteiger partial charge in [-0.05, 0) is 19.1 Å². The molecule has 0 aliphatic carbocycles. The van der Waals surface area contributed by atoms with Crippen molar-refractivity contribution in [2.75, 3.05) is 13.1 Å². The van der Waals surface area contributed by atoms with Crippen molar-refractivity contribution in [1.29, 1.82) is 0 Å². The van der Waals surface area contributed by atoms with Crippen LogP contribution in [0.2, 0.25) is 0 Å². The molecule has 1 aliphatic heterocycles. The van der Waals surface area contributed by atoms with Crippen LogP contribution in [0, 0.1) is 0 Å². The third-order valence-electron chi connectivity index (χ3n) is 3.98. The van der Waals surface area contributed by atoms with Crippen LogP contribution < -0.4 is 9.47 Å². The zero-order valence-corrected chi connectivity index (χ0v) is 13.7. The summed E-state index contributed by atoms with van der Waals surface area (Å²) >= 11 is 0. The Kier molecular flexibility index (Phi) is 5.25. The van der Waals surface area contributed by atoms with Crippen LogP contribution in [0.15, 0.2) is 48.9 Å². The van der Waals surface area contributed by atoms with E-state index in [2.05, 4.69) is 9.97 Å². The Morgan fingerprint density at radius 1 is 1.21 bits per heavy atom. The number of benzene rings is 1. The second-order valence-electron chi connectivity index (χ2n) is 5.76. The summed E-state index contributed by atoms with van der Waals surface area (Å²) in [5.41, 5.74) is 0.